The molecule has 1 aliphatic rings. The standard InChI is InChI=1S/C24H25F4NO6/c25-18-4-8-20(9-5-18)33-14-1-13-32-19-6-2-17(3-7-19)21-16-29(12-15-34-21)11-10-22(30)35-23(31)24(26,27)28/h2-9,21H,1,10-16H2. The number of nitrogens with zero attached hydrogens (tertiary/aromatic N) is 1. The van der Waals surface area contributed by atoms with Gasteiger partial charge in [0.15, 0.2) is 0 Å². The second-order valence-electron chi connectivity index (χ2n) is 7.74. The van der Waals surface area contributed by atoms with E-state index in [9.17, 15) is 27.2 Å². The van der Waals surface area contributed by atoms with Crippen LogP contribution >= 0.6 is 0 Å². The lowest BCUT2D eigenvalue weighted by atomic mass is 10.1. The number of hydrogen-bond donors (Lipinski definition) is 0. The molecule has 35 heavy (non-hydrogen) atoms. The zero-order valence-electron chi connectivity index (χ0n) is 18.8. The quantitative estimate of drug-likeness (QED) is 0.211. The third-order valence-electron chi connectivity index (χ3n) is 5.11. The van der Waals surface area contributed by atoms with Crippen molar-refractivity contribution in [2.45, 2.75) is 25.1 Å². The minimum absolute atomic E-state index is 0.144. The van der Waals surface area contributed by atoms with Crippen molar-refractivity contribution in [2.75, 3.05) is 39.5 Å². The van der Waals surface area contributed by atoms with Gasteiger partial charge in [0.25, 0.3) is 0 Å². The smallest absolute Gasteiger partial charge is 0.491 e. The lowest BCUT2D eigenvalue weighted by Gasteiger charge is -2.33. The van der Waals surface area contributed by atoms with Crippen molar-refractivity contribution in [1.29, 1.82) is 0 Å². The fourth-order valence-electron chi connectivity index (χ4n) is 3.32. The fraction of sp³-hybridized carbons (Fsp3) is 0.417. The summed E-state index contributed by atoms with van der Waals surface area (Å²) in [5, 5.41) is 0. The number of esters is 2. The van der Waals surface area contributed by atoms with Crippen molar-refractivity contribution in [1.82, 2.24) is 4.90 Å². The molecular weight excluding hydrogens is 474 g/mol. The number of morpholine rings is 1. The predicted molar refractivity (Wildman–Crippen MR) is 115 cm³/mol. The monoisotopic (exact) mass is 499 g/mol. The maximum absolute atomic E-state index is 12.9. The van der Waals surface area contributed by atoms with Crippen molar-refractivity contribution < 1.29 is 46.1 Å². The molecule has 3 rings (SSSR count). The van der Waals surface area contributed by atoms with Gasteiger partial charge in [0.1, 0.15) is 17.3 Å². The Kier molecular flexibility index (Phi) is 9.44. The summed E-state index contributed by atoms with van der Waals surface area (Å²) in [4.78, 5) is 24.1. The summed E-state index contributed by atoms with van der Waals surface area (Å²) >= 11 is 0. The summed E-state index contributed by atoms with van der Waals surface area (Å²) in [6, 6.07) is 13.1. The number of alkyl halides is 3. The maximum atomic E-state index is 12.9. The van der Waals surface area contributed by atoms with Crippen molar-refractivity contribution in [2.24, 2.45) is 0 Å². The van der Waals surface area contributed by atoms with E-state index in [1.54, 1.807) is 24.3 Å². The van der Waals surface area contributed by atoms with Crippen LogP contribution in [0.3, 0.4) is 0 Å². The molecule has 1 aliphatic heterocycles. The third kappa shape index (κ3) is 8.84. The first kappa shape index (κ1) is 26.4. The van der Waals surface area contributed by atoms with E-state index in [1.165, 1.54) is 12.1 Å². The Hall–Kier alpha value is -3.18. The predicted octanol–water partition coefficient (Wildman–Crippen LogP) is 4.07. The minimum Gasteiger partial charge on any atom is -0.493 e. The van der Waals surface area contributed by atoms with E-state index in [0.29, 0.717) is 50.8 Å². The summed E-state index contributed by atoms with van der Waals surface area (Å²) in [6.07, 6.45) is -5.19. The van der Waals surface area contributed by atoms with Gasteiger partial charge in [-0.25, -0.2) is 9.18 Å². The molecule has 1 saturated heterocycles. The molecule has 7 nitrogen and oxygen atoms in total. The van der Waals surface area contributed by atoms with Gasteiger partial charge < -0.3 is 18.9 Å². The third-order valence-corrected chi connectivity index (χ3v) is 5.11. The summed E-state index contributed by atoms with van der Waals surface area (Å²) in [7, 11) is 0. The van der Waals surface area contributed by atoms with Crippen LogP contribution in [0.1, 0.15) is 24.5 Å². The number of benzene rings is 2. The average molecular weight is 499 g/mol. The Morgan fingerprint density at radius 3 is 2.17 bits per heavy atom. The molecule has 0 spiro atoms. The van der Waals surface area contributed by atoms with Crippen LogP contribution in [0, 0.1) is 5.82 Å². The van der Waals surface area contributed by atoms with E-state index in [-0.39, 0.29) is 24.9 Å². The van der Waals surface area contributed by atoms with Gasteiger partial charge in [-0.05, 0) is 42.0 Å². The first-order valence-corrected chi connectivity index (χ1v) is 11.0. The molecule has 190 valence electrons. The van der Waals surface area contributed by atoms with Gasteiger partial charge in [-0.15, -0.1) is 0 Å². The molecule has 2 aromatic rings. The molecule has 1 unspecified atom stereocenters. The summed E-state index contributed by atoms with van der Waals surface area (Å²) in [5.74, 6) is -2.80. The number of ether oxygens (including phenoxy) is 4. The summed E-state index contributed by atoms with van der Waals surface area (Å²) in [5.41, 5.74) is 0.886. The Bertz CT molecular complexity index is 965. The molecule has 0 radical (unpaired) electrons. The second-order valence-corrected chi connectivity index (χ2v) is 7.74. The molecule has 2 aromatic carbocycles. The topological polar surface area (TPSA) is 74.3 Å². The lowest BCUT2D eigenvalue weighted by Crippen LogP contribution is -2.39. The van der Waals surface area contributed by atoms with Crippen LogP contribution in [0.4, 0.5) is 17.6 Å². The van der Waals surface area contributed by atoms with E-state index < -0.39 is 18.1 Å². The first-order chi connectivity index (χ1) is 16.7. The van der Waals surface area contributed by atoms with Crippen molar-refractivity contribution in [3.05, 3.63) is 59.9 Å². The minimum atomic E-state index is -5.20. The number of hydrogen-bond acceptors (Lipinski definition) is 7. The number of carbonyl (C=O) groups is 2. The highest BCUT2D eigenvalue weighted by atomic mass is 19.4. The van der Waals surface area contributed by atoms with Gasteiger partial charge in [0.2, 0.25) is 0 Å². The fourth-order valence-corrected chi connectivity index (χ4v) is 3.32. The van der Waals surface area contributed by atoms with Gasteiger partial charge in [-0.1, -0.05) is 12.1 Å². The highest BCUT2D eigenvalue weighted by Crippen LogP contribution is 2.25. The van der Waals surface area contributed by atoms with Crippen molar-refractivity contribution in [3.8, 4) is 11.5 Å². The number of carbonyl (C=O) groups excluding carboxylic acids is 2. The van der Waals surface area contributed by atoms with E-state index in [4.69, 9.17) is 14.2 Å². The number of halogens is 4. The first-order valence-electron chi connectivity index (χ1n) is 11.0. The Morgan fingerprint density at radius 2 is 1.57 bits per heavy atom. The van der Waals surface area contributed by atoms with E-state index in [2.05, 4.69) is 4.74 Å². The van der Waals surface area contributed by atoms with Crippen LogP contribution in [0.2, 0.25) is 0 Å². The molecule has 0 aromatic heterocycles. The van der Waals surface area contributed by atoms with Crippen LogP contribution in [-0.4, -0.2) is 62.5 Å². The molecule has 11 heteroatoms. The molecule has 0 saturated carbocycles. The molecule has 1 heterocycles. The lowest BCUT2D eigenvalue weighted by molar-refractivity contribution is -0.202. The van der Waals surface area contributed by atoms with Crippen LogP contribution < -0.4 is 9.47 Å². The van der Waals surface area contributed by atoms with E-state index in [1.807, 2.05) is 17.0 Å². The number of rotatable bonds is 10. The van der Waals surface area contributed by atoms with Crippen molar-refractivity contribution in [3.63, 3.8) is 0 Å². The van der Waals surface area contributed by atoms with Crippen LogP contribution in [-0.2, 0) is 19.1 Å². The molecule has 0 aliphatic carbocycles. The SMILES string of the molecule is O=C(CCN1CCOC(c2ccc(OCCCOc3ccc(F)cc3)cc2)C1)OC(=O)C(F)(F)F. The Morgan fingerprint density at radius 1 is 0.971 bits per heavy atom. The highest BCUT2D eigenvalue weighted by Gasteiger charge is 2.42. The molecule has 1 fully saturated rings. The summed E-state index contributed by atoms with van der Waals surface area (Å²) in [6.45, 7) is 2.31. The molecule has 1 atom stereocenters. The molecule has 0 bridgehead atoms. The Labute approximate surface area is 199 Å². The molecule has 0 N–H and O–H groups in total. The van der Waals surface area contributed by atoms with Gasteiger partial charge in [0.05, 0.1) is 32.3 Å². The highest BCUT2D eigenvalue weighted by molar-refractivity contribution is 5.88. The average Bonchev–Trinajstić information content (AvgIpc) is 2.84. The molecular formula is C24H25F4NO6. The zero-order valence-corrected chi connectivity index (χ0v) is 18.8. The van der Waals surface area contributed by atoms with Gasteiger partial charge in [-0.3, -0.25) is 9.69 Å². The second kappa shape index (κ2) is 12.5. The van der Waals surface area contributed by atoms with Crippen LogP contribution in [0.25, 0.3) is 0 Å². The largest absolute Gasteiger partial charge is 0.493 e. The summed E-state index contributed by atoms with van der Waals surface area (Å²) < 4.78 is 70.2. The van der Waals surface area contributed by atoms with Crippen LogP contribution in [0.5, 0.6) is 11.5 Å². The van der Waals surface area contributed by atoms with Gasteiger partial charge in [-0.2, -0.15) is 13.2 Å². The molecule has 0 amide bonds. The van der Waals surface area contributed by atoms with E-state index in [0.717, 1.165) is 5.56 Å². The normalized spacial score (nSPS) is 16.5. The maximum Gasteiger partial charge on any atom is 0.491 e. The van der Waals surface area contributed by atoms with E-state index >= 15 is 0 Å². The van der Waals surface area contributed by atoms with Crippen molar-refractivity contribution >= 4 is 11.9 Å². The van der Waals surface area contributed by atoms with Crippen LogP contribution in [0.15, 0.2) is 48.5 Å². The van der Waals surface area contributed by atoms with Gasteiger partial charge in [0, 0.05) is 26.1 Å². The zero-order chi connectivity index (χ0) is 25.3. The van der Waals surface area contributed by atoms with Gasteiger partial charge >= 0.3 is 18.1 Å². The Balaban J connectivity index is 1.37.